The molecule has 0 fully saturated rings. The fraction of sp³-hybridized carbons (Fsp3) is 0.550. The number of carbonyl (C=O) groups excluding carboxylic acids is 1. The molecule has 0 radical (unpaired) electrons. The Morgan fingerprint density at radius 3 is 2.20 bits per heavy atom. The Kier molecular flexibility index (Phi) is 6.09. The van der Waals surface area contributed by atoms with E-state index in [4.69, 9.17) is 4.74 Å². The lowest BCUT2D eigenvalue weighted by Crippen LogP contribution is -2.46. The highest BCUT2D eigenvalue weighted by atomic mass is 19.1. The quantitative estimate of drug-likeness (QED) is 0.583. The van der Waals surface area contributed by atoms with Crippen LogP contribution in [0.1, 0.15) is 47.1 Å². The van der Waals surface area contributed by atoms with Gasteiger partial charge in [-0.25, -0.2) is 4.79 Å². The number of benzene rings is 1. The van der Waals surface area contributed by atoms with E-state index in [9.17, 15) is 9.18 Å². The van der Waals surface area contributed by atoms with Crippen LogP contribution in [-0.2, 0) is 9.53 Å². The van der Waals surface area contributed by atoms with E-state index < -0.39 is 11.8 Å². The number of anilines is 2. The number of carbonyl (C=O) groups is 1. The zero-order chi connectivity index (χ0) is 18.7. The predicted molar refractivity (Wildman–Crippen MR) is 102 cm³/mol. The number of rotatable bonds is 5. The van der Waals surface area contributed by atoms with E-state index in [2.05, 4.69) is 37.5 Å². The number of esters is 1. The molecule has 0 bridgehead atoms. The Balaban J connectivity index is 2.49. The largest absolute Gasteiger partial charge is 0.461 e. The molecule has 0 spiro atoms. The molecule has 0 N–H and O–H groups in total. The summed E-state index contributed by atoms with van der Waals surface area (Å²) >= 11 is 0. The van der Waals surface area contributed by atoms with Crippen LogP contribution < -0.4 is 9.80 Å². The number of fused-ring (bicyclic) bond motifs is 1. The fourth-order valence-electron chi connectivity index (χ4n) is 3.23. The monoisotopic (exact) mass is 348 g/mol. The number of hydrogen-bond acceptors (Lipinski definition) is 4. The Hall–Kier alpha value is -2.04. The zero-order valence-electron chi connectivity index (χ0n) is 16.1. The van der Waals surface area contributed by atoms with Gasteiger partial charge in [0, 0.05) is 25.2 Å². The maximum Gasteiger partial charge on any atom is 0.367 e. The Morgan fingerprint density at radius 2 is 1.68 bits per heavy atom. The molecule has 1 heterocycles. The molecule has 0 saturated carbocycles. The molecule has 1 aliphatic heterocycles. The number of allylic oxidation sites excluding steroid dienone is 1. The van der Waals surface area contributed by atoms with E-state index in [0.29, 0.717) is 23.2 Å². The van der Waals surface area contributed by atoms with Crippen LogP contribution in [0.3, 0.4) is 0 Å². The van der Waals surface area contributed by atoms with Crippen LogP contribution in [0.25, 0.3) is 5.57 Å². The van der Waals surface area contributed by atoms with Crippen molar-refractivity contribution in [2.24, 2.45) is 0 Å². The molecule has 25 heavy (non-hydrogen) atoms. The van der Waals surface area contributed by atoms with Crippen molar-refractivity contribution in [2.45, 2.75) is 53.6 Å². The van der Waals surface area contributed by atoms with Crippen molar-refractivity contribution in [1.29, 1.82) is 0 Å². The van der Waals surface area contributed by atoms with E-state index >= 15 is 0 Å². The first kappa shape index (κ1) is 19.3. The van der Waals surface area contributed by atoms with Crippen molar-refractivity contribution < 1.29 is 13.9 Å². The molecule has 138 valence electrons. The number of ether oxygens (including phenoxy) is 1. The van der Waals surface area contributed by atoms with Gasteiger partial charge in [-0.05, 0) is 64.8 Å². The van der Waals surface area contributed by atoms with Crippen LogP contribution >= 0.6 is 0 Å². The van der Waals surface area contributed by atoms with Crippen LogP contribution in [-0.4, -0.2) is 37.7 Å². The zero-order valence-corrected chi connectivity index (χ0v) is 16.1. The minimum Gasteiger partial charge on any atom is -0.461 e. The van der Waals surface area contributed by atoms with Gasteiger partial charge in [-0.15, -0.1) is 0 Å². The van der Waals surface area contributed by atoms with Gasteiger partial charge in [0.2, 0.25) is 5.83 Å². The summed E-state index contributed by atoms with van der Waals surface area (Å²) in [6, 6.07) is 6.64. The van der Waals surface area contributed by atoms with E-state index in [1.165, 1.54) is 0 Å². The third-order valence-corrected chi connectivity index (χ3v) is 4.64. The molecule has 1 aromatic rings. The van der Waals surface area contributed by atoms with Gasteiger partial charge >= 0.3 is 5.97 Å². The van der Waals surface area contributed by atoms with E-state index in [1.54, 1.807) is 13.8 Å². The summed E-state index contributed by atoms with van der Waals surface area (Å²) in [7, 11) is 0. The second kappa shape index (κ2) is 7.89. The molecular weight excluding hydrogens is 319 g/mol. The summed E-state index contributed by atoms with van der Waals surface area (Å²) in [5.41, 5.74) is 3.26. The first-order chi connectivity index (χ1) is 11.8. The first-order valence-electron chi connectivity index (χ1n) is 8.99. The fourth-order valence-corrected chi connectivity index (χ4v) is 3.23. The Bertz CT molecular complexity index is 668. The summed E-state index contributed by atoms with van der Waals surface area (Å²) in [5.74, 6) is -1.73. The third kappa shape index (κ3) is 3.97. The number of hydrogen-bond donors (Lipinski definition) is 0. The van der Waals surface area contributed by atoms with Gasteiger partial charge in [-0.3, -0.25) is 0 Å². The van der Waals surface area contributed by atoms with Crippen molar-refractivity contribution in [2.75, 3.05) is 29.5 Å². The molecule has 1 aromatic carbocycles. The highest BCUT2D eigenvalue weighted by Gasteiger charge is 2.26. The summed E-state index contributed by atoms with van der Waals surface area (Å²) in [6.45, 7) is 14.0. The molecule has 0 amide bonds. The van der Waals surface area contributed by atoms with Gasteiger partial charge < -0.3 is 14.5 Å². The van der Waals surface area contributed by atoms with Crippen LogP contribution in [0.4, 0.5) is 15.8 Å². The summed E-state index contributed by atoms with van der Waals surface area (Å²) in [6.07, 6.45) is 0. The first-order valence-corrected chi connectivity index (χ1v) is 8.99. The van der Waals surface area contributed by atoms with Crippen molar-refractivity contribution >= 4 is 22.9 Å². The predicted octanol–water partition coefficient (Wildman–Crippen LogP) is 4.39. The second-order valence-corrected chi connectivity index (χ2v) is 6.94. The van der Waals surface area contributed by atoms with Gasteiger partial charge in [-0.1, -0.05) is 6.07 Å². The number of nitrogens with zero attached hydrogens (tertiary/aromatic N) is 2. The molecule has 0 saturated heterocycles. The van der Waals surface area contributed by atoms with Crippen LogP contribution in [0, 0.1) is 0 Å². The SMILES string of the molecule is CCOC(=O)C(F)=C(C)c1ccc2c(c1)N(C(C)C)CCN2C(C)C. The molecule has 0 unspecified atom stereocenters. The molecule has 1 aliphatic rings. The molecule has 0 atom stereocenters. The van der Waals surface area contributed by atoms with Crippen molar-refractivity contribution in [3.8, 4) is 0 Å². The van der Waals surface area contributed by atoms with E-state index in [-0.39, 0.29) is 6.61 Å². The minimum atomic E-state index is -0.901. The number of halogens is 1. The van der Waals surface area contributed by atoms with Crippen molar-refractivity contribution in [1.82, 2.24) is 0 Å². The lowest BCUT2D eigenvalue weighted by Gasteiger charge is -2.43. The van der Waals surface area contributed by atoms with Gasteiger partial charge in [0.05, 0.1) is 18.0 Å². The average Bonchev–Trinajstić information content (AvgIpc) is 2.58. The van der Waals surface area contributed by atoms with Crippen molar-refractivity contribution in [3.63, 3.8) is 0 Å². The van der Waals surface area contributed by atoms with E-state index in [1.807, 2.05) is 18.2 Å². The van der Waals surface area contributed by atoms with Crippen molar-refractivity contribution in [3.05, 3.63) is 29.6 Å². The Morgan fingerprint density at radius 1 is 1.12 bits per heavy atom. The molecule has 4 nitrogen and oxygen atoms in total. The van der Waals surface area contributed by atoms with Crippen LogP contribution in [0.2, 0.25) is 0 Å². The summed E-state index contributed by atoms with van der Waals surface area (Å²) < 4.78 is 19.1. The average molecular weight is 348 g/mol. The van der Waals surface area contributed by atoms with Crippen LogP contribution in [0.15, 0.2) is 24.0 Å². The van der Waals surface area contributed by atoms with Gasteiger partial charge in [-0.2, -0.15) is 4.39 Å². The lowest BCUT2D eigenvalue weighted by atomic mass is 10.0. The van der Waals surface area contributed by atoms with E-state index in [0.717, 1.165) is 24.5 Å². The molecule has 5 heteroatoms. The normalized spacial score (nSPS) is 15.4. The maximum atomic E-state index is 14.3. The maximum absolute atomic E-state index is 14.3. The smallest absolute Gasteiger partial charge is 0.367 e. The summed E-state index contributed by atoms with van der Waals surface area (Å²) in [5, 5.41) is 0. The minimum absolute atomic E-state index is 0.161. The molecule has 0 aliphatic carbocycles. The third-order valence-electron chi connectivity index (χ3n) is 4.64. The summed E-state index contributed by atoms with van der Waals surface area (Å²) in [4.78, 5) is 16.4. The second-order valence-electron chi connectivity index (χ2n) is 6.94. The van der Waals surface area contributed by atoms with Crippen LogP contribution in [0.5, 0.6) is 0 Å². The van der Waals surface area contributed by atoms with Gasteiger partial charge in [0.15, 0.2) is 0 Å². The molecular formula is C20H29FN2O2. The standard InChI is InChI=1S/C20H29FN2O2/c1-7-25-20(24)19(21)15(6)16-8-9-17-18(12-16)23(14(4)5)11-10-22(17)13(2)3/h8-9,12-14H,7,10-11H2,1-6H3. The Labute approximate surface area is 150 Å². The highest BCUT2D eigenvalue weighted by molar-refractivity contribution is 5.95. The molecule has 2 rings (SSSR count). The van der Waals surface area contributed by atoms with Gasteiger partial charge in [0.1, 0.15) is 0 Å². The lowest BCUT2D eigenvalue weighted by molar-refractivity contribution is -0.140. The topological polar surface area (TPSA) is 32.8 Å². The molecule has 0 aromatic heterocycles. The highest BCUT2D eigenvalue weighted by Crippen LogP contribution is 2.38. The van der Waals surface area contributed by atoms with Gasteiger partial charge in [0.25, 0.3) is 0 Å².